The summed E-state index contributed by atoms with van der Waals surface area (Å²) in [7, 11) is 0. The van der Waals surface area contributed by atoms with Crippen molar-refractivity contribution in [3.63, 3.8) is 0 Å². The molecule has 0 aromatic heterocycles. The molecule has 0 aromatic carbocycles. The lowest BCUT2D eigenvalue weighted by molar-refractivity contribution is -0.181. The van der Waals surface area contributed by atoms with Gasteiger partial charge in [-0.3, -0.25) is 4.79 Å². The van der Waals surface area contributed by atoms with Crippen molar-refractivity contribution in [3.8, 4) is 0 Å². The molecule has 5 atom stereocenters. The zero-order chi connectivity index (χ0) is 10.1. The molecule has 3 fully saturated rings. The van der Waals surface area contributed by atoms with E-state index in [-0.39, 0.29) is 17.5 Å². The van der Waals surface area contributed by atoms with Gasteiger partial charge >= 0.3 is 5.97 Å². The van der Waals surface area contributed by atoms with Crippen LogP contribution in [0.5, 0.6) is 0 Å². The van der Waals surface area contributed by atoms with E-state index in [1.54, 1.807) is 0 Å². The van der Waals surface area contributed by atoms with E-state index in [9.17, 15) is 9.90 Å². The third kappa shape index (κ3) is 0.691. The van der Waals surface area contributed by atoms with E-state index in [0.29, 0.717) is 18.3 Å². The standard InChI is InChI=1S/C11H16O3/c1-10-6-3-7(11(10,2)13)4-8(10)14-9(12)5-6/h6-8,13H,3-5H2,1-2H3/t6-,7+,8-,10-,11-/m0/s1. The van der Waals surface area contributed by atoms with Crippen molar-refractivity contribution >= 4 is 5.97 Å². The number of hydrogen-bond acceptors (Lipinski definition) is 3. The zero-order valence-electron chi connectivity index (χ0n) is 8.62. The Morgan fingerprint density at radius 3 is 2.64 bits per heavy atom. The molecule has 1 aliphatic heterocycles. The molecule has 78 valence electrons. The Morgan fingerprint density at radius 2 is 2.07 bits per heavy atom. The highest BCUT2D eigenvalue weighted by Crippen LogP contribution is 2.66. The van der Waals surface area contributed by atoms with E-state index < -0.39 is 5.60 Å². The lowest BCUT2D eigenvalue weighted by atomic mass is 9.67. The predicted octanol–water partition coefficient (Wildman–Crippen LogP) is 1.10. The second-order valence-electron chi connectivity index (χ2n) is 5.48. The molecule has 0 spiro atoms. The van der Waals surface area contributed by atoms with Gasteiger partial charge in [-0.1, -0.05) is 6.92 Å². The first-order chi connectivity index (χ1) is 6.46. The number of esters is 1. The molecular formula is C11H16O3. The highest BCUT2D eigenvalue weighted by molar-refractivity contribution is 5.71. The van der Waals surface area contributed by atoms with E-state index in [0.717, 1.165) is 12.8 Å². The van der Waals surface area contributed by atoms with Gasteiger partial charge in [0.25, 0.3) is 0 Å². The molecule has 3 rings (SSSR count). The maximum absolute atomic E-state index is 11.3. The summed E-state index contributed by atoms with van der Waals surface area (Å²) in [6, 6.07) is 0. The molecular weight excluding hydrogens is 180 g/mol. The van der Waals surface area contributed by atoms with Crippen LogP contribution in [0.15, 0.2) is 0 Å². The summed E-state index contributed by atoms with van der Waals surface area (Å²) in [5.74, 6) is 0.590. The molecule has 14 heavy (non-hydrogen) atoms. The molecule has 2 aliphatic carbocycles. The van der Waals surface area contributed by atoms with Crippen molar-refractivity contribution in [1.29, 1.82) is 0 Å². The number of hydrogen-bond donors (Lipinski definition) is 1. The van der Waals surface area contributed by atoms with E-state index in [2.05, 4.69) is 6.92 Å². The predicted molar refractivity (Wildman–Crippen MR) is 49.4 cm³/mol. The summed E-state index contributed by atoms with van der Waals surface area (Å²) in [5, 5.41) is 10.5. The van der Waals surface area contributed by atoms with Gasteiger partial charge in [-0.25, -0.2) is 0 Å². The van der Waals surface area contributed by atoms with Gasteiger partial charge in [0.2, 0.25) is 0 Å². The molecule has 1 N–H and O–H groups in total. The van der Waals surface area contributed by atoms with Crippen LogP contribution in [0.25, 0.3) is 0 Å². The molecule has 0 amide bonds. The summed E-state index contributed by atoms with van der Waals surface area (Å²) in [6.07, 6.45) is 2.31. The van der Waals surface area contributed by atoms with E-state index in [1.165, 1.54) is 0 Å². The molecule has 2 bridgehead atoms. The van der Waals surface area contributed by atoms with Crippen molar-refractivity contribution in [3.05, 3.63) is 0 Å². The van der Waals surface area contributed by atoms with Gasteiger partial charge in [-0.05, 0) is 31.6 Å². The first kappa shape index (κ1) is 8.72. The minimum absolute atomic E-state index is 0.0394. The minimum atomic E-state index is -0.636. The summed E-state index contributed by atoms with van der Waals surface area (Å²) in [6.45, 7) is 4.00. The van der Waals surface area contributed by atoms with Gasteiger partial charge in [-0.2, -0.15) is 0 Å². The van der Waals surface area contributed by atoms with Crippen LogP contribution in [0.2, 0.25) is 0 Å². The van der Waals surface area contributed by atoms with Gasteiger partial charge in [-0.15, -0.1) is 0 Å². The highest BCUT2D eigenvalue weighted by atomic mass is 16.5. The van der Waals surface area contributed by atoms with Gasteiger partial charge in [0.15, 0.2) is 0 Å². The quantitative estimate of drug-likeness (QED) is 0.590. The van der Waals surface area contributed by atoms with Gasteiger partial charge in [0, 0.05) is 11.8 Å². The van der Waals surface area contributed by atoms with Crippen molar-refractivity contribution in [2.75, 3.05) is 0 Å². The fourth-order valence-corrected chi connectivity index (χ4v) is 3.96. The molecule has 1 saturated heterocycles. The summed E-state index contributed by atoms with van der Waals surface area (Å²) >= 11 is 0. The Labute approximate surface area is 83.4 Å². The van der Waals surface area contributed by atoms with Crippen LogP contribution in [-0.4, -0.2) is 22.8 Å². The molecule has 3 heteroatoms. The molecule has 2 saturated carbocycles. The largest absolute Gasteiger partial charge is 0.462 e. The molecule has 0 unspecified atom stereocenters. The molecule has 3 aliphatic rings. The minimum Gasteiger partial charge on any atom is -0.462 e. The topological polar surface area (TPSA) is 46.5 Å². The average molecular weight is 196 g/mol. The zero-order valence-corrected chi connectivity index (χ0v) is 8.62. The van der Waals surface area contributed by atoms with Crippen molar-refractivity contribution in [2.24, 2.45) is 17.3 Å². The Balaban J connectivity index is 2.07. The van der Waals surface area contributed by atoms with Crippen LogP contribution in [0.4, 0.5) is 0 Å². The monoisotopic (exact) mass is 196 g/mol. The van der Waals surface area contributed by atoms with Crippen LogP contribution < -0.4 is 0 Å². The Hall–Kier alpha value is -0.570. The number of ether oxygens (including phenoxy) is 1. The maximum atomic E-state index is 11.3. The molecule has 1 heterocycles. The average Bonchev–Trinajstić information content (AvgIpc) is 2.33. The van der Waals surface area contributed by atoms with Gasteiger partial charge in [0.05, 0.1) is 5.60 Å². The Bertz CT molecular complexity index is 290. The van der Waals surface area contributed by atoms with Crippen molar-refractivity contribution in [1.82, 2.24) is 0 Å². The second-order valence-corrected chi connectivity index (χ2v) is 5.48. The third-order valence-corrected chi connectivity index (χ3v) is 5.16. The fourth-order valence-electron chi connectivity index (χ4n) is 3.96. The van der Waals surface area contributed by atoms with Crippen LogP contribution in [0, 0.1) is 17.3 Å². The number of carbonyl (C=O) groups is 1. The van der Waals surface area contributed by atoms with Crippen LogP contribution in [0.3, 0.4) is 0 Å². The summed E-state index contributed by atoms with van der Waals surface area (Å²) in [4.78, 5) is 11.3. The Kier molecular flexibility index (Phi) is 1.34. The SMILES string of the molecule is C[C@]12[C@@H]3CC(=O)O[C@H]1C[C@@H](C3)[C@]2(C)O. The fraction of sp³-hybridized carbons (Fsp3) is 0.909. The first-order valence-corrected chi connectivity index (χ1v) is 5.38. The third-order valence-electron chi connectivity index (χ3n) is 5.16. The van der Waals surface area contributed by atoms with Gasteiger partial charge in [0.1, 0.15) is 6.10 Å². The van der Waals surface area contributed by atoms with E-state index >= 15 is 0 Å². The maximum Gasteiger partial charge on any atom is 0.306 e. The van der Waals surface area contributed by atoms with Gasteiger partial charge < -0.3 is 9.84 Å². The van der Waals surface area contributed by atoms with Crippen LogP contribution >= 0.6 is 0 Å². The van der Waals surface area contributed by atoms with Crippen molar-refractivity contribution in [2.45, 2.75) is 44.8 Å². The highest BCUT2D eigenvalue weighted by Gasteiger charge is 2.71. The molecule has 0 aromatic rings. The number of rotatable bonds is 0. The van der Waals surface area contributed by atoms with Crippen molar-refractivity contribution < 1.29 is 14.6 Å². The van der Waals surface area contributed by atoms with Crippen LogP contribution in [-0.2, 0) is 9.53 Å². The summed E-state index contributed by atoms with van der Waals surface area (Å²) in [5.41, 5.74) is -0.825. The molecule has 3 nitrogen and oxygen atoms in total. The van der Waals surface area contributed by atoms with E-state index in [4.69, 9.17) is 4.74 Å². The summed E-state index contributed by atoms with van der Waals surface area (Å²) < 4.78 is 5.35. The van der Waals surface area contributed by atoms with Crippen LogP contribution in [0.1, 0.15) is 33.1 Å². The normalized spacial score (nSPS) is 60.2. The molecule has 0 radical (unpaired) electrons. The lowest BCUT2D eigenvalue weighted by Crippen LogP contribution is -2.51. The number of aliphatic hydroxyl groups is 1. The Morgan fingerprint density at radius 1 is 1.36 bits per heavy atom. The lowest BCUT2D eigenvalue weighted by Gasteiger charge is -2.45. The number of fused-ring (bicyclic) bond motifs is 1. The first-order valence-electron chi connectivity index (χ1n) is 5.38. The smallest absolute Gasteiger partial charge is 0.306 e. The van der Waals surface area contributed by atoms with E-state index in [1.807, 2.05) is 6.92 Å². The number of carbonyl (C=O) groups excluding carboxylic acids is 1. The second kappa shape index (κ2) is 2.16.